The summed E-state index contributed by atoms with van der Waals surface area (Å²) in [5.74, 6) is 0.629. The summed E-state index contributed by atoms with van der Waals surface area (Å²) >= 11 is 0. The van der Waals surface area contributed by atoms with Gasteiger partial charge in [-0.2, -0.15) is 0 Å². The van der Waals surface area contributed by atoms with Crippen molar-refractivity contribution in [3.63, 3.8) is 0 Å². The van der Waals surface area contributed by atoms with Gasteiger partial charge in [0.15, 0.2) is 5.84 Å². The van der Waals surface area contributed by atoms with Gasteiger partial charge in [-0.25, -0.2) is 9.98 Å². The number of hydrogen-bond donors (Lipinski definition) is 0. The van der Waals surface area contributed by atoms with E-state index < -0.39 is 0 Å². The smallest absolute Gasteiger partial charge is 0.160 e. The molecule has 0 spiro atoms. The van der Waals surface area contributed by atoms with E-state index in [4.69, 9.17) is 9.98 Å². The van der Waals surface area contributed by atoms with Gasteiger partial charge in [-0.15, -0.1) is 0 Å². The van der Waals surface area contributed by atoms with Gasteiger partial charge in [0.05, 0.1) is 27.8 Å². The zero-order chi connectivity index (χ0) is 34.3. The summed E-state index contributed by atoms with van der Waals surface area (Å²) in [6, 6.07) is 61.5. The number of nitrogens with zero attached hydrogens (tertiary/aromatic N) is 4. The highest BCUT2D eigenvalue weighted by molar-refractivity contribution is 6.26. The molecule has 0 bridgehead atoms. The van der Waals surface area contributed by atoms with Crippen LogP contribution in [0.5, 0.6) is 0 Å². The minimum absolute atomic E-state index is 0.629. The quantitative estimate of drug-likeness (QED) is 0.126. The first-order valence-electron chi connectivity index (χ1n) is 17.2. The maximum Gasteiger partial charge on any atom is 0.160 e. The molecule has 2 aromatic heterocycles. The molecule has 7 aromatic carbocycles. The van der Waals surface area contributed by atoms with E-state index in [1.54, 1.807) is 0 Å². The molecule has 0 aliphatic carbocycles. The first-order valence-corrected chi connectivity index (χ1v) is 17.2. The van der Waals surface area contributed by atoms with Crippen molar-refractivity contribution in [2.45, 2.75) is 6.92 Å². The highest BCUT2D eigenvalue weighted by Gasteiger charge is 2.23. The Balaban J connectivity index is 1.22. The number of amidine groups is 1. The molecule has 0 saturated heterocycles. The fourth-order valence-corrected chi connectivity index (χ4v) is 7.25. The Kier molecular flexibility index (Phi) is 7.48. The lowest BCUT2D eigenvalue weighted by molar-refractivity contribution is 1.17. The van der Waals surface area contributed by atoms with Crippen LogP contribution >= 0.6 is 0 Å². The number of aliphatic imine (C=N–C) groups is 2. The van der Waals surface area contributed by atoms with Gasteiger partial charge in [-0.3, -0.25) is 0 Å². The summed E-state index contributed by atoms with van der Waals surface area (Å²) in [7, 11) is 0. The van der Waals surface area contributed by atoms with Crippen molar-refractivity contribution in [1.29, 1.82) is 0 Å². The third-order valence-corrected chi connectivity index (χ3v) is 9.67. The Labute approximate surface area is 296 Å². The van der Waals surface area contributed by atoms with Crippen LogP contribution in [0.1, 0.15) is 23.6 Å². The Morgan fingerprint density at radius 3 is 1.75 bits per heavy atom. The summed E-state index contributed by atoms with van der Waals surface area (Å²) in [4.78, 5) is 10.0. The molecule has 9 rings (SSSR count). The summed E-state index contributed by atoms with van der Waals surface area (Å²) in [6.07, 6.45) is 0. The van der Waals surface area contributed by atoms with E-state index in [-0.39, 0.29) is 0 Å². The third kappa shape index (κ3) is 5.25. The molecule has 0 atom stereocenters. The molecular weight excluding hydrogens is 621 g/mol. The van der Waals surface area contributed by atoms with E-state index in [1.165, 1.54) is 38.1 Å². The predicted octanol–water partition coefficient (Wildman–Crippen LogP) is 11.8. The van der Waals surface area contributed by atoms with Gasteiger partial charge in [0.25, 0.3) is 0 Å². The molecule has 0 amide bonds. The molecule has 0 aliphatic heterocycles. The first kappa shape index (κ1) is 30.3. The normalized spacial score (nSPS) is 12.3. The Morgan fingerprint density at radius 2 is 1.02 bits per heavy atom. The van der Waals surface area contributed by atoms with Crippen molar-refractivity contribution >= 4 is 60.9 Å². The molecule has 4 heteroatoms. The highest BCUT2D eigenvalue weighted by Crippen LogP contribution is 2.43. The van der Waals surface area contributed by atoms with Gasteiger partial charge in [0.1, 0.15) is 0 Å². The molecule has 51 heavy (non-hydrogen) atoms. The minimum Gasteiger partial charge on any atom is -0.307 e. The van der Waals surface area contributed by atoms with Crippen LogP contribution in [0.3, 0.4) is 0 Å². The third-order valence-electron chi connectivity index (χ3n) is 9.67. The molecule has 0 unspecified atom stereocenters. The van der Waals surface area contributed by atoms with Crippen LogP contribution in [0, 0.1) is 0 Å². The second kappa shape index (κ2) is 12.6. The molecule has 0 fully saturated rings. The average molecular weight is 655 g/mol. The summed E-state index contributed by atoms with van der Waals surface area (Å²) < 4.78 is 4.85. The molecular formula is C47H34N4. The van der Waals surface area contributed by atoms with Crippen LogP contribution in [0.25, 0.3) is 60.7 Å². The predicted molar refractivity (Wildman–Crippen MR) is 216 cm³/mol. The van der Waals surface area contributed by atoms with Crippen LogP contribution in [0.2, 0.25) is 0 Å². The monoisotopic (exact) mass is 654 g/mol. The van der Waals surface area contributed by atoms with Crippen molar-refractivity contribution in [2.24, 2.45) is 9.98 Å². The van der Waals surface area contributed by atoms with Crippen LogP contribution in [0.15, 0.2) is 192 Å². The van der Waals surface area contributed by atoms with Crippen molar-refractivity contribution < 1.29 is 0 Å². The Morgan fingerprint density at radius 1 is 0.451 bits per heavy atom. The van der Waals surface area contributed by atoms with Gasteiger partial charge < -0.3 is 9.13 Å². The van der Waals surface area contributed by atoms with E-state index in [9.17, 15) is 0 Å². The van der Waals surface area contributed by atoms with Gasteiger partial charge in [-0.05, 0) is 65.2 Å². The summed E-state index contributed by atoms with van der Waals surface area (Å²) in [5.41, 5.74) is 11.5. The van der Waals surface area contributed by atoms with E-state index in [1.807, 2.05) is 67.6 Å². The molecule has 4 nitrogen and oxygen atoms in total. The summed E-state index contributed by atoms with van der Waals surface area (Å²) in [5, 5.41) is 4.92. The zero-order valence-corrected chi connectivity index (χ0v) is 28.2. The van der Waals surface area contributed by atoms with Gasteiger partial charge in [0, 0.05) is 33.4 Å². The summed E-state index contributed by atoms with van der Waals surface area (Å²) in [6.45, 7) is 6.30. The molecule has 2 heterocycles. The lowest BCUT2D eigenvalue weighted by Gasteiger charge is -2.11. The van der Waals surface area contributed by atoms with Crippen molar-refractivity contribution in [3.8, 4) is 11.4 Å². The number of para-hydroxylation sites is 2. The second-order valence-corrected chi connectivity index (χ2v) is 12.8. The molecule has 0 aliphatic rings. The maximum absolute atomic E-state index is 5.08. The van der Waals surface area contributed by atoms with E-state index >= 15 is 0 Å². The number of benzene rings is 7. The molecule has 0 saturated carbocycles. The van der Waals surface area contributed by atoms with Crippen molar-refractivity contribution in [1.82, 2.24) is 9.13 Å². The van der Waals surface area contributed by atoms with Crippen molar-refractivity contribution in [2.75, 3.05) is 0 Å². The highest BCUT2D eigenvalue weighted by atomic mass is 15.1. The number of fused-ring (bicyclic) bond motifs is 7. The van der Waals surface area contributed by atoms with Crippen LogP contribution in [-0.2, 0) is 0 Å². The number of aromatic nitrogens is 2. The zero-order valence-electron chi connectivity index (χ0n) is 28.2. The number of hydrogen-bond acceptors (Lipinski definition) is 1. The molecule has 242 valence electrons. The van der Waals surface area contributed by atoms with E-state index in [2.05, 4.69) is 131 Å². The van der Waals surface area contributed by atoms with Gasteiger partial charge >= 0.3 is 0 Å². The Bertz CT molecular complexity index is 2780. The molecule has 9 aromatic rings. The second-order valence-electron chi connectivity index (χ2n) is 12.8. The topological polar surface area (TPSA) is 34.6 Å². The van der Waals surface area contributed by atoms with Crippen molar-refractivity contribution in [3.05, 3.63) is 199 Å². The Hall–Kier alpha value is -6.78. The lowest BCUT2D eigenvalue weighted by Crippen LogP contribution is -2.04. The molecule has 0 radical (unpaired) electrons. The van der Waals surface area contributed by atoms with Gasteiger partial charge in [0.2, 0.25) is 0 Å². The van der Waals surface area contributed by atoms with Gasteiger partial charge in [-0.1, -0.05) is 146 Å². The average Bonchev–Trinajstić information content (AvgIpc) is 3.71. The number of rotatable bonds is 6. The van der Waals surface area contributed by atoms with Crippen LogP contribution in [0.4, 0.5) is 0 Å². The largest absolute Gasteiger partial charge is 0.307 e. The fourth-order valence-electron chi connectivity index (χ4n) is 7.25. The van der Waals surface area contributed by atoms with Crippen LogP contribution in [-0.4, -0.2) is 20.7 Å². The molecule has 0 N–H and O–H groups in total. The lowest BCUT2D eigenvalue weighted by atomic mass is 10.1. The fraction of sp³-hybridized carbons (Fsp3) is 0.0213. The van der Waals surface area contributed by atoms with E-state index in [0.717, 1.165) is 39.3 Å². The SMILES string of the molecule is C=C(N=C(N=C(C)c1ccc(-n2c3ccccc3c3c2c2c4ccccc4ccc2n3-c2ccccc2)cc1)c1ccccc1)c1ccccc1. The van der Waals surface area contributed by atoms with E-state index in [0.29, 0.717) is 11.5 Å². The maximum atomic E-state index is 5.08. The minimum atomic E-state index is 0.629. The standard InChI is InChI=1S/C47H34N4/c1-32(34-16-6-3-7-17-34)48-47(37-19-8-4-9-20-37)49-33(2)35-26-29-39(30-27-35)50-42-25-15-14-24-41(42)45-46(50)44-40-23-13-12-18-36(40)28-31-43(44)51(45)38-21-10-5-11-22-38/h3-31H,1H2,2H3. The first-order chi connectivity index (χ1) is 25.2. The van der Waals surface area contributed by atoms with Crippen LogP contribution < -0.4 is 0 Å².